The largest absolute Gasteiger partial charge is 0.492 e. The molecular weight excluding hydrogens is 401 g/mol. The summed E-state index contributed by atoms with van der Waals surface area (Å²) in [7, 11) is 1.65. The summed E-state index contributed by atoms with van der Waals surface area (Å²) in [5, 5.41) is 3.80. The van der Waals surface area contributed by atoms with Crippen LogP contribution >= 0.6 is 36.4 Å². The predicted octanol–water partition coefficient (Wildman–Crippen LogP) is 1.94. The fraction of sp³-hybridized carbons (Fsp3) is 0.588. The van der Waals surface area contributed by atoms with E-state index in [1.807, 2.05) is 29.2 Å². The van der Waals surface area contributed by atoms with Crippen LogP contribution in [-0.4, -0.2) is 81.8 Å². The molecule has 1 N–H and O–H groups in total. The zero-order valence-electron chi connectivity index (χ0n) is 15.0. The molecule has 2 rings (SSSR count). The third-order valence-corrected chi connectivity index (χ3v) is 4.23. The second-order valence-corrected chi connectivity index (χ2v) is 6.13. The number of halogens is 3. The zero-order valence-corrected chi connectivity index (χ0v) is 17.4. The van der Waals surface area contributed by atoms with Gasteiger partial charge >= 0.3 is 0 Å². The number of hydrogen-bond acceptors (Lipinski definition) is 5. The summed E-state index contributed by atoms with van der Waals surface area (Å²) in [4.78, 5) is 16.3. The maximum atomic E-state index is 12.1. The molecule has 1 aromatic rings. The van der Waals surface area contributed by atoms with Gasteiger partial charge in [-0.2, -0.15) is 0 Å². The molecule has 9 heteroatoms. The lowest BCUT2D eigenvalue weighted by atomic mass is 10.3. The van der Waals surface area contributed by atoms with E-state index in [0.29, 0.717) is 31.3 Å². The second-order valence-electron chi connectivity index (χ2n) is 5.69. The van der Waals surface area contributed by atoms with E-state index in [0.717, 1.165) is 38.5 Å². The molecule has 0 aromatic heterocycles. The van der Waals surface area contributed by atoms with Crippen molar-refractivity contribution in [3.8, 4) is 5.75 Å². The molecule has 1 saturated heterocycles. The Balaban J connectivity index is 0.00000312. The van der Waals surface area contributed by atoms with Crippen LogP contribution in [0.1, 0.15) is 0 Å². The lowest BCUT2D eigenvalue weighted by Crippen LogP contribution is -2.51. The van der Waals surface area contributed by atoms with Crippen molar-refractivity contribution in [2.24, 2.45) is 0 Å². The first kappa shape index (κ1) is 25.2. The average molecular weight is 429 g/mol. The fourth-order valence-electron chi connectivity index (χ4n) is 2.53. The molecule has 0 atom stereocenters. The monoisotopic (exact) mass is 427 g/mol. The van der Waals surface area contributed by atoms with Crippen molar-refractivity contribution >= 4 is 42.3 Å². The Kier molecular flexibility index (Phi) is 13.9. The molecule has 0 unspecified atom stereocenters. The van der Waals surface area contributed by atoms with E-state index in [4.69, 9.17) is 21.1 Å². The minimum Gasteiger partial charge on any atom is -0.492 e. The lowest BCUT2D eigenvalue weighted by Gasteiger charge is -2.34. The van der Waals surface area contributed by atoms with Gasteiger partial charge in [-0.1, -0.05) is 11.6 Å². The number of nitrogens with zero attached hydrogens (tertiary/aromatic N) is 2. The Morgan fingerprint density at radius 2 is 1.77 bits per heavy atom. The van der Waals surface area contributed by atoms with Crippen molar-refractivity contribution in [2.75, 3.05) is 66.1 Å². The SMILES string of the molecule is COCCNCC(=O)N1CCN(CCOc2ccc(Cl)cc2)CC1.Cl.Cl. The van der Waals surface area contributed by atoms with E-state index >= 15 is 0 Å². The van der Waals surface area contributed by atoms with Crippen molar-refractivity contribution in [3.05, 3.63) is 29.3 Å². The Hall–Kier alpha value is -0.760. The standard InChI is InChI=1S/C17H26ClN3O3.2ClH/c1-23-12-6-19-14-17(22)21-9-7-20(8-10-21)11-13-24-16-4-2-15(18)3-5-16;;/h2-5,19H,6-14H2,1H3;2*1H. The first-order valence-electron chi connectivity index (χ1n) is 8.27. The predicted molar refractivity (Wildman–Crippen MR) is 109 cm³/mol. The number of carbonyl (C=O) groups excluding carboxylic acids is 1. The van der Waals surface area contributed by atoms with Crippen molar-refractivity contribution in [1.82, 2.24) is 15.1 Å². The van der Waals surface area contributed by atoms with Gasteiger partial charge in [0.1, 0.15) is 12.4 Å². The number of nitrogens with one attached hydrogen (secondary N) is 1. The van der Waals surface area contributed by atoms with Crippen molar-refractivity contribution in [1.29, 1.82) is 0 Å². The third-order valence-electron chi connectivity index (χ3n) is 3.97. The number of ether oxygens (including phenoxy) is 2. The Bertz CT molecular complexity index is 498. The molecule has 0 spiro atoms. The Morgan fingerprint density at radius 3 is 2.38 bits per heavy atom. The maximum absolute atomic E-state index is 12.1. The number of methoxy groups -OCH3 is 1. The number of carbonyl (C=O) groups is 1. The molecule has 1 aromatic carbocycles. The summed E-state index contributed by atoms with van der Waals surface area (Å²) in [5.41, 5.74) is 0. The van der Waals surface area contributed by atoms with Crippen LogP contribution in [0.25, 0.3) is 0 Å². The lowest BCUT2D eigenvalue weighted by molar-refractivity contribution is -0.132. The minimum absolute atomic E-state index is 0. The molecule has 0 aliphatic carbocycles. The molecule has 1 amide bonds. The van der Waals surface area contributed by atoms with Gasteiger partial charge in [0.05, 0.1) is 13.2 Å². The molecule has 6 nitrogen and oxygen atoms in total. The van der Waals surface area contributed by atoms with Crippen LogP contribution < -0.4 is 10.1 Å². The van der Waals surface area contributed by atoms with E-state index in [9.17, 15) is 4.79 Å². The average Bonchev–Trinajstić information content (AvgIpc) is 2.61. The van der Waals surface area contributed by atoms with E-state index in [-0.39, 0.29) is 30.7 Å². The van der Waals surface area contributed by atoms with Crippen molar-refractivity contribution in [3.63, 3.8) is 0 Å². The molecule has 26 heavy (non-hydrogen) atoms. The van der Waals surface area contributed by atoms with Gasteiger partial charge < -0.3 is 19.7 Å². The summed E-state index contributed by atoms with van der Waals surface area (Å²) in [6.45, 7) is 6.49. The summed E-state index contributed by atoms with van der Waals surface area (Å²) in [5.74, 6) is 0.985. The summed E-state index contributed by atoms with van der Waals surface area (Å²) in [6.07, 6.45) is 0. The van der Waals surface area contributed by atoms with Gasteiger partial charge in [0, 0.05) is 51.4 Å². The number of piperazine rings is 1. The molecule has 0 bridgehead atoms. The number of rotatable bonds is 9. The van der Waals surface area contributed by atoms with E-state index < -0.39 is 0 Å². The Labute approximate surface area is 173 Å². The fourth-order valence-corrected chi connectivity index (χ4v) is 2.65. The van der Waals surface area contributed by atoms with Crippen molar-refractivity contribution in [2.45, 2.75) is 0 Å². The molecule has 1 aliphatic rings. The highest BCUT2D eigenvalue weighted by molar-refractivity contribution is 6.30. The summed E-state index contributed by atoms with van der Waals surface area (Å²) >= 11 is 5.85. The van der Waals surface area contributed by atoms with Gasteiger partial charge in [0.25, 0.3) is 0 Å². The second kappa shape index (κ2) is 14.3. The van der Waals surface area contributed by atoms with Crippen molar-refractivity contribution < 1.29 is 14.3 Å². The smallest absolute Gasteiger partial charge is 0.236 e. The molecule has 1 fully saturated rings. The maximum Gasteiger partial charge on any atom is 0.236 e. The van der Waals surface area contributed by atoms with E-state index in [1.165, 1.54) is 0 Å². The highest BCUT2D eigenvalue weighted by Crippen LogP contribution is 2.15. The topological polar surface area (TPSA) is 54.0 Å². The van der Waals surface area contributed by atoms with Gasteiger partial charge in [-0.05, 0) is 24.3 Å². The van der Waals surface area contributed by atoms with E-state index in [2.05, 4.69) is 10.2 Å². The number of hydrogen-bond donors (Lipinski definition) is 1. The van der Waals surface area contributed by atoms with Gasteiger partial charge in [-0.15, -0.1) is 24.8 Å². The van der Waals surface area contributed by atoms with Gasteiger partial charge in [0.15, 0.2) is 0 Å². The zero-order chi connectivity index (χ0) is 17.2. The van der Waals surface area contributed by atoms with Crippen LogP contribution in [0.5, 0.6) is 5.75 Å². The first-order chi connectivity index (χ1) is 11.7. The molecule has 1 heterocycles. The van der Waals surface area contributed by atoms with Crippen LogP contribution in [0.15, 0.2) is 24.3 Å². The molecule has 1 aliphatic heterocycles. The highest BCUT2D eigenvalue weighted by atomic mass is 35.5. The van der Waals surface area contributed by atoms with Crippen LogP contribution in [-0.2, 0) is 9.53 Å². The molecule has 0 saturated carbocycles. The van der Waals surface area contributed by atoms with Crippen LogP contribution in [0.3, 0.4) is 0 Å². The third kappa shape index (κ3) is 9.26. The summed E-state index contributed by atoms with van der Waals surface area (Å²) in [6, 6.07) is 7.38. The normalized spacial score (nSPS) is 14.3. The van der Waals surface area contributed by atoms with E-state index in [1.54, 1.807) is 7.11 Å². The van der Waals surface area contributed by atoms with Crippen LogP contribution in [0, 0.1) is 0 Å². The number of benzene rings is 1. The van der Waals surface area contributed by atoms with Gasteiger partial charge in [-0.3, -0.25) is 9.69 Å². The molecule has 150 valence electrons. The first-order valence-corrected chi connectivity index (χ1v) is 8.65. The van der Waals surface area contributed by atoms with Gasteiger partial charge in [0.2, 0.25) is 5.91 Å². The molecule has 0 radical (unpaired) electrons. The highest BCUT2D eigenvalue weighted by Gasteiger charge is 2.20. The number of amides is 1. The quantitative estimate of drug-likeness (QED) is 0.609. The van der Waals surface area contributed by atoms with Gasteiger partial charge in [-0.25, -0.2) is 0 Å². The molecular formula is C17H28Cl3N3O3. The minimum atomic E-state index is 0. The van der Waals surface area contributed by atoms with Crippen LogP contribution in [0.2, 0.25) is 5.02 Å². The van der Waals surface area contributed by atoms with Crippen LogP contribution in [0.4, 0.5) is 0 Å². The summed E-state index contributed by atoms with van der Waals surface area (Å²) < 4.78 is 10.7. The Morgan fingerprint density at radius 1 is 1.12 bits per heavy atom.